The van der Waals surface area contributed by atoms with Crippen LogP contribution in [-0.2, 0) is 16.0 Å². The number of imide groups is 1. The molecular weight excluding hydrogens is 434 g/mol. The summed E-state index contributed by atoms with van der Waals surface area (Å²) in [5.41, 5.74) is 2.28. The van der Waals surface area contributed by atoms with Crippen molar-refractivity contribution in [2.75, 3.05) is 18.5 Å². The summed E-state index contributed by atoms with van der Waals surface area (Å²) in [6, 6.07) is 22.3. The van der Waals surface area contributed by atoms with Gasteiger partial charge in [-0.2, -0.15) is 0 Å². The third kappa shape index (κ3) is 4.80. The monoisotopic (exact) mass is 457 g/mol. The molecule has 0 radical (unpaired) electrons. The van der Waals surface area contributed by atoms with E-state index in [0.717, 1.165) is 5.56 Å². The number of amides is 2. The molecule has 1 N–H and O–H groups in total. The topological polar surface area (TPSA) is 102 Å². The molecule has 0 spiro atoms. The van der Waals surface area contributed by atoms with E-state index >= 15 is 0 Å². The van der Waals surface area contributed by atoms with E-state index < -0.39 is 16.7 Å². The number of benzene rings is 3. The van der Waals surface area contributed by atoms with Crippen molar-refractivity contribution in [3.63, 3.8) is 0 Å². The molecule has 8 heteroatoms. The Balaban J connectivity index is 1.65. The Hall–Kier alpha value is -4.46. The van der Waals surface area contributed by atoms with Gasteiger partial charge in [-0.3, -0.25) is 24.6 Å². The van der Waals surface area contributed by atoms with Gasteiger partial charge in [0.15, 0.2) is 0 Å². The highest BCUT2D eigenvalue weighted by Crippen LogP contribution is 2.32. The van der Waals surface area contributed by atoms with E-state index in [0.29, 0.717) is 30.0 Å². The van der Waals surface area contributed by atoms with Gasteiger partial charge in [-0.1, -0.05) is 30.3 Å². The van der Waals surface area contributed by atoms with Crippen molar-refractivity contribution in [2.45, 2.75) is 13.3 Å². The fraction of sp³-hybridized carbons (Fsp3) is 0.154. The molecule has 172 valence electrons. The molecule has 1 heterocycles. The lowest BCUT2D eigenvalue weighted by Crippen LogP contribution is -2.34. The predicted molar refractivity (Wildman–Crippen MR) is 128 cm³/mol. The van der Waals surface area contributed by atoms with E-state index in [4.69, 9.17) is 4.74 Å². The first-order valence-electron chi connectivity index (χ1n) is 10.9. The molecule has 0 atom stereocenters. The molecule has 1 aliphatic rings. The fourth-order valence-corrected chi connectivity index (χ4v) is 3.74. The SMILES string of the molecule is CCOc1ccc(NC2=C(c3ccc([N+](=O)[O-])cc3)C(=O)N(CCc3ccccc3)C2=O)cc1. The Morgan fingerprint density at radius 2 is 1.59 bits per heavy atom. The Kier molecular flexibility index (Phi) is 6.68. The number of non-ortho nitro benzene ring substituents is 1. The molecule has 8 nitrogen and oxygen atoms in total. The van der Waals surface area contributed by atoms with E-state index in [1.807, 2.05) is 37.3 Å². The molecule has 3 aromatic rings. The van der Waals surface area contributed by atoms with Crippen molar-refractivity contribution >= 4 is 28.8 Å². The standard InChI is InChI=1S/C26H23N3O5/c1-2-34-22-14-10-20(11-15-22)27-24-23(19-8-12-21(13-9-19)29(32)33)25(30)28(26(24)31)17-16-18-6-4-3-5-7-18/h3-15,27H,2,16-17H2,1H3. The molecule has 0 unspecified atom stereocenters. The molecule has 0 aromatic heterocycles. The number of hydrogen-bond acceptors (Lipinski definition) is 6. The summed E-state index contributed by atoms with van der Waals surface area (Å²) in [6.45, 7) is 2.64. The smallest absolute Gasteiger partial charge is 0.278 e. The summed E-state index contributed by atoms with van der Waals surface area (Å²) >= 11 is 0. The first-order chi connectivity index (χ1) is 16.5. The van der Waals surface area contributed by atoms with Crippen LogP contribution in [0.25, 0.3) is 5.57 Å². The molecule has 1 aliphatic heterocycles. The quantitative estimate of drug-likeness (QED) is 0.290. The van der Waals surface area contributed by atoms with Gasteiger partial charge in [-0.25, -0.2) is 0 Å². The number of rotatable bonds is 9. The van der Waals surface area contributed by atoms with Gasteiger partial charge in [0.25, 0.3) is 17.5 Å². The van der Waals surface area contributed by atoms with Crippen LogP contribution in [0.5, 0.6) is 5.75 Å². The molecule has 4 rings (SSSR count). The summed E-state index contributed by atoms with van der Waals surface area (Å²) in [4.78, 5) is 38.4. The molecule has 34 heavy (non-hydrogen) atoms. The van der Waals surface area contributed by atoms with Crippen LogP contribution < -0.4 is 10.1 Å². The minimum absolute atomic E-state index is 0.0944. The lowest BCUT2D eigenvalue weighted by atomic mass is 10.0. The zero-order valence-corrected chi connectivity index (χ0v) is 18.6. The molecule has 0 saturated heterocycles. The van der Waals surface area contributed by atoms with E-state index in [9.17, 15) is 19.7 Å². The zero-order chi connectivity index (χ0) is 24.1. The summed E-state index contributed by atoms with van der Waals surface area (Å²) in [5.74, 6) is -0.192. The Bertz CT molecular complexity index is 1240. The van der Waals surface area contributed by atoms with Crippen molar-refractivity contribution in [1.29, 1.82) is 0 Å². The summed E-state index contributed by atoms with van der Waals surface area (Å²) in [6.07, 6.45) is 0.516. The van der Waals surface area contributed by atoms with Crippen LogP contribution in [-0.4, -0.2) is 34.8 Å². The first-order valence-corrected chi connectivity index (χ1v) is 10.9. The second-order valence-corrected chi connectivity index (χ2v) is 7.63. The fourth-order valence-electron chi connectivity index (χ4n) is 3.74. The van der Waals surface area contributed by atoms with Crippen LogP contribution in [0.15, 0.2) is 84.6 Å². The van der Waals surface area contributed by atoms with Gasteiger partial charge in [0.05, 0.1) is 17.1 Å². The van der Waals surface area contributed by atoms with Crippen molar-refractivity contribution in [3.05, 3.63) is 106 Å². The molecule has 0 aliphatic carbocycles. The number of nitrogens with zero attached hydrogens (tertiary/aromatic N) is 2. The average Bonchev–Trinajstić information content (AvgIpc) is 3.08. The first kappa shape index (κ1) is 22.7. The van der Waals surface area contributed by atoms with Crippen LogP contribution in [0.2, 0.25) is 0 Å². The molecule has 0 fully saturated rings. The third-order valence-electron chi connectivity index (χ3n) is 5.44. The average molecular weight is 457 g/mol. The van der Waals surface area contributed by atoms with Gasteiger partial charge in [0.2, 0.25) is 0 Å². The van der Waals surface area contributed by atoms with Crippen LogP contribution in [0.1, 0.15) is 18.1 Å². The van der Waals surface area contributed by atoms with Gasteiger partial charge in [0.1, 0.15) is 11.4 Å². The summed E-state index contributed by atoms with van der Waals surface area (Å²) < 4.78 is 5.46. The highest BCUT2D eigenvalue weighted by Gasteiger charge is 2.39. The molecule has 2 amide bonds. The van der Waals surface area contributed by atoms with Gasteiger partial charge < -0.3 is 10.1 Å². The highest BCUT2D eigenvalue weighted by atomic mass is 16.6. The Labute approximate surface area is 196 Å². The van der Waals surface area contributed by atoms with E-state index in [1.54, 1.807) is 24.3 Å². The van der Waals surface area contributed by atoms with Crippen molar-refractivity contribution in [1.82, 2.24) is 4.90 Å². The third-order valence-corrected chi connectivity index (χ3v) is 5.44. The summed E-state index contributed by atoms with van der Waals surface area (Å²) in [5, 5.41) is 14.1. The maximum atomic E-state index is 13.3. The normalized spacial score (nSPS) is 13.4. The molecule has 0 saturated carbocycles. The van der Waals surface area contributed by atoms with Crippen LogP contribution in [0.3, 0.4) is 0 Å². The van der Waals surface area contributed by atoms with Gasteiger partial charge in [-0.05, 0) is 60.9 Å². The lowest BCUT2D eigenvalue weighted by molar-refractivity contribution is -0.384. The van der Waals surface area contributed by atoms with Crippen LogP contribution in [0.4, 0.5) is 11.4 Å². The largest absolute Gasteiger partial charge is 0.494 e. The Morgan fingerprint density at radius 1 is 0.912 bits per heavy atom. The maximum Gasteiger partial charge on any atom is 0.278 e. The van der Waals surface area contributed by atoms with E-state index in [1.165, 1.54) is 29.2 Å². The number of carbonyl (C=O) groups is 2. The van der Waals surface area contributed by atoms with E-state index in [-0.39, 0.29) is 23.5 Å². The number of nitro benzene ring substituents is 1. The lowest BCUT2D eigenvalue weighted by Gasteiger charge is -2.15. The Morgan fingerprint density at radius 3 is 2.21 bits per heavy atom. The molecule has 0 bridgehead atoms. The van der Waals surface area contributed by atoms with Crippen molar-refractivity contribution < 1.29 is 19.2 Å². The van der Waals surface area contributed by atoms with Crippen molar-refractivity contribution in [2.24, 2.45) is 0 Å². The molecule has 3 aromatic carbocycles. The number of ether oxygens (including phenoxy) is 1. The second kappa shape index (κ2) is 9.99. The van der Waals surface area contributed by atoms with Crippen molar-refractivity contribution in [3.8, 4) is 5.75 Å². The van der Waals surface area contributed by atoms with Gasteiger partial charge in [-0.15, -0.1) is 0 Å². The predicted octanol–water partition coefficient (Wildman–Crippen LogP) is 4.43. The number of nitrogens with one attached hydrogen (secondary N) is 1. The second-order valence-electron chi connectivity index (χ2n) is 7.63. The minimum atomic E-state index is -0.509. The van der Waals surface area contributed by atoms with E-state index in [2.05, 4.69) is 5.32 Å². The highest BCUT2D eigenvalue weighted by molar-refractivity contribution is 6.36. The number of carbonyl (C=O) groups excluding carboxylic acids is 2. The maximum absolute atomic E-state index is 13.3. The summed E-state index contributed by atoms with van der Waals surface area (Å²) in [7, 11) is 0. The van der Waals surface area contributed by atoms with Crippen LogP contribution >= 0.6 is 0 Å². The van der Waals surface area contributed by atoms with Gasteiger partial charge >= 0.3 is 0 Å². The zero-order valence-electron chi connectivity index (χ0n) is 18.6. The van der Waals surface area contributed by atoms with Gasteiger partial charge in [0, 0.05) is 24.4 Å². The number of nitro groups is 1. The van der Waals surface area contributed by atoms with Crippen LogP contribution in [0, 0.1) is 10.1 Å². The molecular formula is C26H23N3O5. The number of hydrogen-bond donors (Lipinski definition) is 1. The number of anilines is 1. The minimum Gasteiger partial charge on any atom is -0.494 e.